The Morgan fingerprint density at radius 3 is 2.62 bits per heavy atom. The minimum atomic E-state index is -0.807. The molecular weight excluding hydrogens is 526 g/mol. The number of benzene rings is 3. The van der Waals surface area contributed by atoms with E-state index in [1.54, 1.807) is 6.20 Å². The van der Waals surface area contributed by atoms with E-state index in [1.165, 1.54) is 5.56 Å². The van der Waals surface area contributed by atoms with Crippen molar-refractivity contribution in [2.24, 2.45) is 0 Å². The summed E-state index contributed by atoms with van der Waals surface area (Å²) in [4.78, 5) is 28.8. The van der Waals surface area contributed by atoms with Crippen molar-refractivity contribution in [1.29, 1.82) is 0 Å². The van der Waals surface area contributed by atoms with Crippen molar-refractivity contribution in [2.45, 2.75) is 52.0 Å². The largest absolute Gasteiger partial charge is 0.494 e. The second kappa shape index (κ2) is 13.3. The topological polar surface area (TPSA) is 101 Å². The number of carbonyl (C=O) groups excluding carboxylic acids is 1. The van der Waals surface area contributed by atoms with Crippen molar-refractivity contribution in [2.75, 3.05) is 18.5 Å². The molecule has 42 heavy (non-hydrogen) atoms. The summed E-state index contributed by atoms with van der Waals surface area (Å²) < 4.78 is 6.09. The van der Waals surface area contributed by atoms with E-state index >= 15 is 0 Å². The molecule has 1 aromatic heterocycles. The zero-order valence-electron chi connectivity index (χ0n) is 24.2. The highest BCUT2D eigenvalue weighted by molar-refractivity contribution is 5.94. The fraction of sp³-hybridized carbons (Fsp3) is 0.286. The van der Waals surface area contributed by atoms with E-state index in [0.29, 0.717) is 31.6 Å². The molecule has 1 amide bonds. The number of nitrogens with one attached hydrogen (secondary N) is 2. The number of rotatable bonds is 11. The average Bonchev–Trinajstić information content (AvgIpc) is 3.11. The smallest absolute Gasteiger partial charge is 0.303 e. The number of fused-ring (bicyclic) bond motifs is 2. The minimum Gasteiger partial charge on any atom is -0.494 e. The van der Waals surface area contributed by atoms with Crippen LogP contribution < -0.4 is 15.4 Å². The van der Waals surface area contributed by atoms with Crippen LogP contribution in [0.3, 0.4) is 0 Å². The molecule has 1 aliphatic carbocycles. The van der Waals surface area contributed by atoms with Crippen molar-refractivity contribution in [3.05, 3.63) is 124 Å². The van der Waals surface area contributed by atoms with E-state index in [0.717, 1.165) is 57.9 Å². The number of anilines is 1. The maximum absolute atomic E-state index is 12.7. The van der Waals surface area contributed by atoms with Gasteiger partial charge in [0.05, 0.1) is 13.0 Å². The number of carboxylic acid groups (broad SMARTS) is 1. The summed E-state index contributed by atoms with van der Waals surface area (Å²) in [5.74, 6) is 0.627. The zero-order chi connectivity index (χ0) is 29.5. The van der Waals surface area contributed by atoms with Crippen LogP contribution >= 0.6 is 0 Å². The van der Waals surface area contributed by atoms with Crippen LogP contribution in [0.15, 0.2) is 79.0 Å². The van der Waals surface area contributed by atoms with E-state index in [2.05, 4.69) is 33.8 Å². The molecular formula is C35H37N3O4. The van der Waals surface area contributed by atoms with Gasteiger partial charge in [-0.25, -0.2) is 4.98 Å². The molecule has 0 saturated carbocycles. The Morgan fingerprint density at radius 2 is 1.81 bits per heavy atom. The van der Waals surface area contributed by atoms with Gasteiger partial charge < -0.3 is 20.5 Å². The summed E-state index contributed by atoms with van der Waals surface area (Å²) in [5, 5.41) is 16.0. The Labute approximate surface area is 247 Å². The molecule has 4 aromatic rings. The Hall–Kier alpha value is -4.65. The first-order valence-electron chi connectivity index (χ1n) is 14.4. The first kappa shape index (κ1) is 28.9. The molecule has 7 nitrogen and oxygen atoms in total. The molecule has 5 rings (SSSR count). The molecule has 1 heterocycles. The maximum Gasteiger partial charge on any atom is 0.303 e. The van der Waals surface area contributed by atoms with Gasteiger partial charge >= 0.3 is 5.97 Å². The fourth-order valence-corrected chi connectivity index (χ4v) is 5.53. The molecule has 0 spiro atoms. The molecule has 7 heteroatoms. The number of aromatic nitrogens is 1. The Bertz CT molecular complexity index is 1580. The molecule has 0 aliphatic heterocycles. The number of amides is 1. The van der Waals surface area contributed by atoms with Gasteiger partial charge in [0, 0.05) is 24.8 Å². The lowest BCUT2D eigenvalue weighted by molar-refractivity contribution is -0.137. The summed E-state index contributed by atoms with van der Waals surface area (Å²) in [6, 6.07) is 23.8. The quantitative estimate of drug-likeness (QED) is 0.188. The lowest BCUT2D eigenvalue weighted by Crippen LogP contribution is -2.23. The van der Waals surface area contributed by atoms with Crippen LogP contribution in [0.2, 0.25) is 0 Å². The Morgan fingerprint density at radius 1 is 0.952 bits per heavy atom. The van der Waals surface area contributed by atoms with Gasteiger partial charge in [0.2, 0.25) is 0 Å². The molecule has 0 fully saturated rings. The van der Waals surface area contributed by atoms with Gasteiger partial charge in [-0.2, -0.15) is 0 Å². The summed E-state index contributed by atoms with van der Waals surface area (Å²) >= 11 is 0. The fourth-order valence-electron chi connectivity index (χ4n) is 5.53. The number of aryl methyl sites for hydroxylation is 2. The second-order valence-electron chi connectivity index (χ2n) is 11.0. The Balaban J connectivity index is 1.26. The van der Waals surface area contributed by atoms with Gasteiger partial charge in [0.25, 0.3) is 5.91 Å². The van der Waals surface area contributed by atoms with Crippen molar-refractivity contribution in [1.82, 2.24) is 10.3 Å². The third-order valence-electron chi connectivity index (χ3n) is 7.64. The van der Waals surface area contributed by atoms with Crippen LogP contribution in [-0.2, 0) is 24.2 Å². The molecule has 1 unspecified atom stereocenters. The summed E-state index contributed by atoms with van der Waals surface area (Å²) in [5.41, 5.74) is 8.26. The first-order valence-corrected chi connectivity index (χ1v) is 14.4. The molecule has 0 saturated heterocycles. The van der Waals surface area contributed by atoms with Crippen LogP contribution in [0.4, 0.5) is 5.82 Å². The molecule has 0 bridgehead atoms. The van der Waals surface area contributed by atoms with Gasteiger partial charge in [-0.15, -0.1) is 0 Å². The van der Waals surface area contributed by atoms with E-state index < -0.39 is 5.97 Å². The lowest BCUT2D eigenvalue weighted by Gasteiger charge is -2.17. The normalized spacial score (nSPS) is 13.8. The third kappa shape index (κ3) is 7.55. The van der Waals surface area contributed by atoms with E-state index in [4.69, 9.17) is 4.74 Å². The van der Waals surface area contributed by atoms with Crippen molar-refractivity contribution < 1.29 is 19.4 Å². The standard InChI is InChI=1S/C35H37N3O4/c1-23-5-3-6-27(15-23)35(41)38-22-25-7-10-32-29(17-25)19-28-20-31(9-8-26(28)18-30(32)21-34(39)40)42-14-4-12-36-33-16-24(2)11-13-37-33/h3,5-11,13,15-17,20,30H,4,12,14,18-19,21-22H2,1-2H3,(H,36,37)(H,38,41)(H,39,40). The highest BCUT2D eigenvalue weighted by Crippen LogP contribution is 2.36. The van der Waals surface area contributed by atoms with Crippen LogP contribution in [-0.4, -0.2) is 35.1 Å². The molecule has 0 radical (unpaired) electrons. The number of carboxylic acids is 1. The SMILES string of the molecule is Cc1cccc(C(=O)NCc2ccc3c(c2)Cc2cc(OCCCNc4cc(C)ccn4)ccc2CC3CC(=O)O)c1. The molecule has 216 valence electrons. The number of nitrogens with zero attached hydrogens (tertiary/aromatic N) is 1. The van der Waals surface area contributed by atoms with Crippen LogP contribution in [0, 0.1) is 13.8 Å². The second-order valence-corrected chi connectivity index (χ2v) is 11.0. The third-order valence-corrected chi connectivity index (χ3v) is 7.64. The van der Waals surface area contributed by atoms with E-state index in [-0.39, 0.29) is 18.2 Å². The number of ether oxygens (including phenoxy) is 1. The van der Waals surface area contributed by atoms with Gasteiger partial charge in [-0.05, 0) is 109 Å². The predicted octanol–water partition coefficient (Wildman–Crippen LogP) is 6.21. The number of hydrogen-bond donors (Lipinski definition) is 3. The van der Waals surface area contributed by atoms with Gasteiger partial charge in [0.1, 0.15) is 11.6 Å². The first-order chi connectivity index (χ1) is 20.3. The summed E-state index contributed by atoms with van der Waals surface area (Å²) in [6.07, 6.45) is 4.03. The average molecular weight is 564 g/mol. The van der Waals surface area contributed by atoms with Crippen LogP contribution in [0.25, 0.3) is 0 Å². The minimum absolute atomic E-state index is 0.0664. The Kier molecular flexibility index (Phi) is 9.17. The summed E-state index contributed by atoms with van der Waals surface area (Å²) in [7, 11) is 0. The zero-order valence-corrected chi connectivity index (χ0v) is 24.2. The highest BCUT2D eigenvalue weighted by Gasteiger charge is 2.25. The predicted molar refractivity (Wildman–Crippen MR) is 164 cm³/mol. The van der Waals surface area contributed by atoms with E-state index in [9.17, 15) is 14.7 Å². The van der Waals surface area contributed by atoms with Crippen LogP contribution in [0.1, 0.15) is 68.1 Å². The van der Waals surface area contributed by atoms with Gasteiger partial charge in [-0.3, -0.25) is 9.59 Å². The van der Waals surface area contributed by atoms with Crippen molar-refractivity contribution in [3.63, 3.8) is 0 Å². The molecule has 3 N–H and O–H groups in total. The van der Waals surface area contributed by atoms with Crippen LogP contribution in [0.5, 0.6) is 5.75 Å². The van der Waals surface area contributed by atoms with Gasteiger partial charge in [0.15, 0.2) is 0 Å². The van der Waals surface area contributed by atoms with Gasteiger partial charge in [-0.1, -0.05) is 42.0 Å². The number of aliphatic carboxylic acids is 1. The van der Waals surface area contributed by atoms with E-state index in [1.807, 2.05) is 68.4 Å². The number of hydrogen-bond acceptors (Lipinski definition) is 5. The highest BCUT2D eigenvalue weighted by atomic mass is 16.5. The number of pyridine rings is 1. The number of carbonyl (C=O) groups is 2. The molecule has 3 aromatic carbocycles. The lowest BCUT2D eigenvalue weighted by atomic mass is 9.88. The monoisotopic (exact) mass is 563 g/mol. The van der Waals surface area contributed by atoms with Crippen molar-refractivity contribution >= 4 is 17.7 Å². The van der Waals surface area contributed by atoms with Crippen molar-refractivity contribution in [3.8, 4) is 5.75 Å². The molecule has 1 atom stereocenters. The molecule has 1 aliphatic rings. The summed E-state index contributed by atoms with van der Waals surface area (Å²) in [6.45, 7) is 5.73. The maximum atomic E-state index is 12.7.